The second-order valence-corrected chi connectivity index (χ2v) is 5.76. The zero-order chi connectivity index (χ0) is 11.1. The van der Waals surface area contributed by atoms with Gasteiger partial charge < -0.3 is 5.73 Å². The Labute approximate surface area is 92.2 Å². The van der Waals surface area contributed by atoms with Crippen LogP contribution in [0, 0.1) is 17.2 Å². The number of nitrogens with zero attached hydrogens (tertiary/aromatic N) is 2. The quantitative estimate of drug-likeness (QED) is 0.763. The number of nitrogens with two attached hydrogens (primary N) is 1. The van der Waals surface area contributed by atoms with E-state index in [0.29, 0.717) is 5.92 Å². The molecular weight excluding hydrogens is 186 g/mol. The van der Waals surface area contributed by atoms with Crippen LogP contribution in [0.1, 0.15) is 39.5 Å². The molecule has 3 nitrogen and oxygen atoms in total. The van der Waals surface area contributed by atoms with Gasteiger partial charge in [0.25, 0.3) is 0 Å². The van der Waals surface area contributed by atoms with E-state index in [1.165, 1.54) is 12.8 Å². The Balaban J connectivity index is 2.04. The van der Waals surface area contributed by atoms with E-state index in [0.717, 1.165) is 25.9 Å². The van der Waals surface area contributed by atoms with Crippen LogP contribution in [0.5, 0.6) is 0 Å². The van der Waals surface area contributed by atoms with Crippen molar-refractivity contribution < 1.29 is 0 Å². The molecule has 0 bridgehead atoms. The first-order valence-electron chi connectivity index (χ1n) is 5.93. The van der Waals surface area contributed by atoms with Crippen molar-refractivity contribution in [2.45, 2.75) is 50.6 Å². The fraction of sp³-hybridized carbons (Fsp3) is 0.917. The zero-order valence-electron chi connectivity index (χ0n) is 9.79. The lowest BCUT2D eigenvalue weighted by molar-refractivity contribution is 0.143. The van der Waals surface area contributed by atoms with E-state index >= 15 is 0 Å². The maximum absolute atomic E-state index is 9.22. The van der Waals surface area contributed by atoms with Crippen molar-refractivity contribution in [3.8, 4) is 6.07 Å². The first kappa shape index (κ1) is 10.9. The van der Waals surface area contributed by atoms with E-state index in [-0.39, 0.29) is 5.54 Å². The molecule has 1 atom stereocenters. The minimum atomic E-state index is -0.596. The van der Waals surface area contributed by atoms with Crippen LogP contribution in [-0.4, -0.2) is 29.1 Å². The van der Waals surface area contributed by atoms with Gasteiger partial charge in [-0.15, -0.1) is 0 Å². The average molecular weight is 207 g/mol. The highest BCUT2D eigenvalue weighted by atomic mass is 15.2. The van der Waals surface area contributed by atoms with Crippen molar-refractivity contribution in [2.75, 3.05) is 13.1 Å². The van der Waals surface area contributed by atoms with Gasteiger partial charge in [-0.2, -0.15) is 5.26 Å². The van der Waals surface area contributed by atoms with Gasteiger partial charge in [-0.1, -0.05) is 0 Å². The van der Waals surface area contributed by atoms with Gasteiger partial charge >= 0.3 is 0 Å². The monoisotopic (exact) mass is 207 g/mol. The standard InChI is InChI=1S/C12H21N3/c1-11(2)6-3-7-15(11)9-12(14,8-13)10-4-5-10/h10H,3-7,9,14H2,1-2H3. The summed E-state index contributed by atoms with van der Waals surface area (Å²) in [5.74, 6) is 0.443. The van der Waals surface area contributed by atoms with Crippen molar-refractivity contribution in [1.29, 1.82) is 5.26 Å². The van der Waals surface area contributed by atoms with Gasteiger partial charge in [0.2, 0.25) is 0 Å². The SMILES string of the molecule is CC1(C)CCCN1CC(N)(C#N)C1CC1. The second kappa shape index (κ2) is 3.47. The molecule has 3 heteroatoms. The van der Waals surface area contributed by atoms with Crippen LogP contribution in [0.4, 0.5) is 0 Å². The molecule has 1 unspecified atom stereocenters. The van der Waals surface area contributed by atoms with E-state index in [9.17, 15) is 5.26 Å². The molecule has 1 saturated heterocycles. The van der Waals surface area contributed by atoms with E-state index in [1.54, 1.807) is 0 Å². The summed E-state index contributed by atoms with van der Waals surface area (Å²) in [7, 11) is 0. The zero-order valence-corrected chi connectivity index (χ0v) is 9.79. The third kappa shape index (κ3) is 2.02. The molecule has 1 aliphatic carbocycles. The van der Waals surface area contributed by atoms with Crippen LogP contribution >= 0.6 is 0 Å². The molecule has 2 N–H and O–H groups in total. The molecule has 1 saturated carbocycles. The van der Waals surface area contributed by atoms with Gasteiger partial charge in [0.05, 0.1) is 6.07 Å². The fourth-order valence-corrected chi connectivity index (χ4v) is 2.63. The molecular formula is C12H21N3. The Morgan fingerprint density at radius 1 is 1.53 bits per heavy atom. The highest BCUT2D eigenvalue weighted by Gasteiger charge is 2.46. The molecule has 2 rings (SSSR count). The Morgan fingerprint density at radius 3 is 2.60 bits per heavy atom. The van der Waals surface area contributed by atoms with Crippen molar-refractivity contribution in [2.24, 2.45) is 11.7 Å². The van der Waals surface area contributed by atoms with Crippen LogP contribution in [0.2, 0.25) is 0 Å². The third-order valence-corrected chi connectivity index (χ3v) is 4.04. The van der Waals surface area contributed by atoms with Crippen LogP contribution in [0.25, 0.3) is 0 Å². The van der Waals surface area contributed by atoms with Crippen molar-refractivity contribution in [1.82, 2.24) is 4.90 Å². The van der Waals surface area contributed by atoms with E-state index in [2.05, 4.69) is 24.8 Å². The minimum absolute atomic E-state index is 0.232. The molecule has 15 heavy (non-hydrogen) atoms. The minimum Gasteiger partial charge on any atom is -0.312 e. The molecule has 1 heterocycles. The molecule has 0 amide bonds. The summed E-state index contributed by atoms with van der Waals surface area (Å²) in [4.78, 5) is 2.40. The molecule has 0 radical (unpaired) electrons. The van der Waals surface area contributed by atoms with Gasteiger partial charge in [0.15, 0.2) is 0 Å². The number of rotatable bonds is 3. The summed E-state index contributed by atoms with van der Waals surface area (Å²) in [5, 5.41) is 9.22. The Morgan fingerprint density at radius 2 is 2.20 bits per heavy atom. The van der Waals surface area contributed by atoms with Gasteiger partial charge in [0.1, 0.15) is 5.54 Å². The van der Waals surface area contributed by atoms with E-state index in [1.807, 2.05) is 0 Å². The van der Waals surface area contributed by atoms with Crippen molar-refractivity contribution in [3.63, 3.8) is 0 Å². The summed E-state index contributed by atoms with van der Waals surface area (Å²) in [6.45, 7) is 6.36. The lowest BCUT2D eigenvalue weighted by Gasteiger charge is -2.36. The van der Waals surface area contributed by atoms with Gasteiger partial charge in [-0.3, -0.25) is 4.90 Å². The topological polar surface area (TPSA) is 53.0 Å². The van der Waals surface area contributed by atoms with Crippen LogP contribution in [0.15, 0.2) is 0 Å². The maximum Gasteiger partial charge on any atom is 0.119 e. The molecule has 0 aromatic carbocycles. The smallest absolute Gasteiger partial charge is 0.119 e. The van der Waals surface area contributed by atoms with E-state index in [4.69, 9.17) is 5.73 Å². The summed E-state index contributed by atoms with van der Waals surface area (Å²) in [6, 6.07) is 2.34. The third-order valence-electron chi connectivity index (χ3n) is 4.04. The summed E-state index contributed by atoms with van der Waals surface area (Å²) in [6.07, 6.45) is 4.73. The molecule has 2 aliphatic rings. The number of hydrogen-bond donors (Lipinski definition) is 1. The Hall–Kier alpha value is -0.590. The van der Waals surface area contributed by atoms with Crippen molar-refractivity contribution >= 4 is 0 Å². The molecule has 84 valence electrons. The first-order valence-corrected chi connectivity index (χ1v) is 5.93. The molecule has 0 aromatic rings. The molecule has 2 fully saturated rings. The molecule has 1 aliphatic heterocycles. The maximum atomic E-state index is 9.22. The average Bonchev–Trinajstić information content (AvgIpc) is 2.95. The summed E-state index contributed by atoms with van der Waals surface area (Å²) < 4.78 is 0. The van der Waals surface area contributed by atoms with Gasteiger partial charge in [-0.05, 0) is 52.0 Å². The predicted octanol–water partition coefficient (Wildman–Crippen LogP) is 1.49. The van der Waals surface area contributed by atoms with Crippen LogP contribution < -0.4 is 5.73 Å². The van der Waals surface area contributed by atoms with Crippen molar-refractivity contribution in [3.05, 3.63) is 0 Å². The fourth-order valence-electron chi connectivity index (χ4n) is 2.63. The summed E-state index contributed by atoms with van der Waals surface area (Å²) in [5.41, 5.74) is 5.84. The van der Waals surface area contributed by atoms with Gasteiger partial charge in [0, 0.05) is 12.1 Å². The number of hydrogen-bond acceptors (Lipinski definition) is 3. The molecule has 0 aromatic heterocycles. The van der Waals surface area contributed by atoms with Crippen LogP contribution in [-0.2, 0) is 0 Å². The lowest BCUT2D eigenvalue weighted by Crippen LogP contribution is -2.54. The Bertz CT molecular complexity index is 288. The normalized spacial score (nSPS) is 29.7. The predicted molar refractivity (Wildman–Crippen MR) is 60.1 cm³/mol. The number of likely N-dealkylation sites (tertiary alicyclic amines) is 1. The highest BCUT2D eigenvalue weighted by molar-refractivity contribution is 5.15. The van der Waals surface area contributed by atoms with Gasteiger partial charge in [-0.25, -0.2) is 0 Å². The lowest BCUT2D eigenvalue weighted by atomic mass is 9.93. The molecule has 0 spiro atoms. The summed E-state index contributed by atoms with van der Waals surface area (Å²) >= 11 is 0. The number of nitriles is 1. The highest BCUT2D eigenvalue weighted by Crippen LogP contribution is 2.40. The first-order chi connectivity index (χ1) is 6.98. The van der Waals surface area contributed by atoms with E-state index < -0.39 is 5.54 Å². The largest absolute Gasteiger partial charge is 0.312 e. The second-order valence-electron chi connectivity index (χ2n) is 5.76. The van der Waals surface area contributed by atoms with Crippen LogP contribution in [0.3, 0.4) is 0 Å². The Kier molecular flexibility index (Phi) is 2.52.